The molecule has 1 N–H and O–H groups in total. The molecule has 1 aromatic carbocycles. The molecule has 2 aromatic heterocycles. The standard InChI is InChI=1S/C23H29N5O2S/c1-2-3-4-10-15-28-22(30)18-14-9-8-13-17(18)19(27-28)20(29)24-23-26-25-21(31-23)16-11-6-5-7-12-16/h8-9,13-14,16H,2-7,10-12,15H2,1H3,(H,24,26,29). The molecule has 0 aliphatic heterocycles. The molecule has 0 unspecified atom stereocenters. The van der Waals surface area contributed by atoms with Crippen molar-refractivity contribution in [2.45, 2.75) is 77.2 Å². The van der Waals surface area contributed by atoms with Crippen LogP contribution in [0.4, 0.5) is 5.13 Å². The molecule has 0 spiro atoms. The molecule has 0 bridgehead atoms. The average Bonchev–Trinajstić information content (AvgIpc) is 3.27. The maximum Gasteiger partial charge on any atom is 0.278 e. The van der Waals surface area contributed by atoms with E-state index in [0.717, 1.165) is 43.5 Å². The highest BCUT2D eigenvalue weighted by atomic mass is 32.1. The van der Waals surface area contributed by atoms with E-state index < -0.39 is 0 Å². The Morgan fingerprint density at radius 2 is 1.87 bits per heavy atom. The minimum atomic E-state index is -0.357. The smallest absolute Gasteiger partial charge is 0.278 e. The van der Waals surface area contributed by atoms with Gasteiger partial charge in [-0.25, -0.2) is 4.68 Å². The van der Waals surface area contributed by atoms with Crippen molar-refractivity contribution in [3.8, 4) is 0 Å². The van der Waals surface area contributed by atoms with Crippen LogP contribution in [0.5, 0.6) is 0 Å². The number of nitrogens with one attached hydrogen (secondary N) is 1. The van der Waals surface area contributed by atoms with Crippen molar-refractivity contribution in [3.05, 3.63) is 45.3 Å². The number of aryl methyl sites for hydroxylation is 1. The third kappa shape index (κ3) is 5.01. The van der Waals surface area contributed by atoms with E-state index in [9.17, 15) is 9.59 Å². The maximum atomic E-state index is 13.1. The van der Waals surface area contributed by atoms with Crippen molar-refractivity contribution in [3.63, 3.8) is 0 Å². The predicted octanol–water partition coefficient (Wildman–Crippen LogP) is 5.13. The summed E-state index contributed by atoms with van der Waals surface area (Å²) in [5, 5.41) is 18.4. The van der Waals surface area contributed by atoms with E-state index in [-0.39, 0.29) is 17.2 Å². The zero-order valence-corrected chi connectivity index (χ0v) is 18.8. The molecule has 164 valence electrons. The molecule has 0 atom stereocenters. The number of unbranched alkanes of at least 4 members (excludes halogenated alkanes) is 3. The van der Waals surface area contributed by atoms with E-state index in [1.165, 1.54) is 35.3 Å². The van der Waals surface area contributed by atoms with Gasteiger partial charge in [0.2, 0.25) is 5.13 Å². The summed E-state index contributed by atoms with van der Waals surface area (Å²) in [4.78, 5) is 26.0. The third-order valence-corrected chi connectivity index (χ3v) is 6.92. The molecule has 1 amide bonds. The van der Waals surface area contributed by atoms with Crippen LogP contribution in [0.2, 0.25) is 0 Å². The fraction of sp³-hybridized carbons (Fsp3) is 0.522. The van der Waals surface area contributed by atoms with Gasteiger partial charge in [0.05, 0.1) is 5.39 Å². The van der Waals surface area contributed by atoms with Gasteiger partial charge in [0.15, 0.2) is 5.69 Å². The van der Waals surface area contributed by atoms with E-state index in [0.29, 0.717) is 28.4 Å². The fourth-order valence-electron chi connectivity index (χ4n) is 4.20. The Morgan fingerprint density at radius 1 is 1.10 bits per heavy atom. The molecule has 8 heteroatoms. The van der Waals surface area contributed by atoms with E-state index in [1.54, 1.807) is 12.1 Å². The lowest BCUT2D eigenvalue weighted by molar-refractivity contribution is 0.102. The van der Waals surface area contributed by atoms with E-state index in [1.807, 2.05) is 12.1 Å². The summed E-state index contributed by atoms with van der Waals surface area (Å²) in [5.74, 6) is 0.0886. The van der Waals surface area contributed by atoms with E-state index >= 15 is 0 Å². The molecule has 1 aliphatic rings. The number of aromatic nitrogens is 4. The van der Waals surface area contributed by atoms with Crippen molar-refractivity contribution >= 4 is 33.1 Å². The largest absolute Gasteiger partial charge is 0.295 e. The number of nitrogens with zero attached hydrogens (tertiary/aromatic N) is 4. The zero-order chi connectivity index (χ0) is 21.6. The second-order valence-corrected chi connectivity index (χ2v) is 9.23. The minimum Gasteiger partial charge on any atom is -0.295 e. The molecule has 1 aliphatic carbocycles. The molecule has 2 heterocycles. The number of rotatable bonds is 8. The number of carbonyl (C=O) groups excluding carboxylic acids is 1. The first-order chi connectivity index (χ1) is 15.2. The van der Waals surface area contributed by atoms with Gasteiger partial charge in [-0.1, -0.05) is 75.0 Å². The van der Waals surface area contributed by atoms with Crippen molar-refractivity contribution in [1.82, 2.24) is 20.0 Å². The minimum absolute atomic E-state index is 0.154. The fourth-order valence-corrected chi connectivity index (χ4v) is 5.11. The number of hydrogen-bond donors (Lipinski definition) is 1. The van der Waals surface area contributed by atoms with Gasteiger partial charge in [-0.05, 0) is 25.3 Å². The van der Waals surface area contributed by atoms with Gasteiger partial charge < -0.3 is 0 Å². The topological polar surface area (TPSA) is 89.8 Å². The van der Waals surface area contributed by atoms with Crippen LogP contribution in [0.3, 0.4) is 0 Å². The number of benzene rings is 1. The van der Waals surface area contributed by atoms with Crippen LogP contribution in [0, 0.1) is 0 Å². The lowest BCUT2D eigenvalue weighted by atomic mass is 9.90. The van der Waals surface area contributed by atoms with Gasteiger partial charge in [0.25, 0.3) is 11.5 Å². The van der Waals surface area contributed by atoms with Crippen LogP contribution in [-0.2, 0) is 6.54 Å². The second kappa shape index (κ2) is 10.1. The monoisotopic (exact) mass is 439 g/mol. The van der Waals surface area contributed by atoms with Crippen LogP contribution in [0.1, 0.15) is 86.1 Å². The van der Waals surface area contributed by atoms with Gasteiger partial charge in [0, 0.05) is 17.8 Å². The highest BCUT2D eigenvalue weighted by molar-refractivity contribution is 7.15. The molecule has 0 saturated heterocycles. The molecular weight excluding hydrogens is 410 g/mol. The SMILES string of the molecule is CCCCCCn1nc(C(=O)Nc2nnc(C3CCCCC3)s2)c2ccccc2c1=O. The van der Waals surface area contributed by atoms with Crippen molar-refractivity contribution in [2.75, 3.05) is 5.32 Å². The highest BCUT2D eigenvalue weighted by Crippen LogP contribution is 2.35. The Bertz CT molecular complexity index is 1100. The van der Waals surface area contributed by atoms with Crippen molar-refractivity contribution < 1.29 is 4.79 Å². The summed E-state index contributed by atoms with van der Waals surface area (Å²) >= 11 is 1.44. The molecule has 4 rings (SSSR count). The molecule has 3 aromatic rings. The summed E-state index contributed by atoms with van der Waals surface area (Å²) in [5.41, 5.74) is 0.0965. The van der Waals surface area contributed by atoms with Gasteiger partial charge >= 0.3 is 0 Å². The van der Waals surface area contributed by atoms with Crippen molar-refractivity contribution in [1.29, 1.82) is 0 Å². The number of amides is 1. The van der Waals surface area contributed by atoms with Crippen molar-refractivity contribution in [2.24, 2.45) is 0 Å². The number of hydrogen-bond acceptors (Lipinski definition) is 6. The first-order valence-electron chi connectivity index (χ1n) is 11.3. The first-order valence-corrected chi connectivity index (χ1v) is 12.1. The van der Waals surface area contributed by atoms with Crippen LogP contribution >= 0.6 is 11.3 Å². The predicted molar refractivity (Wildman–Crippen MR) is 124 cm³/mol. The van der Waals surface area contributed by atoms with Gasteiger partial charge in [-0.3, -0.25) is 14.9 Å². The second-order valence-electron chi connectivity index (χ2n) is 8.22. The van der Waals surface area contributed by atoms with E-state index in [4.69, 9.17) is 0 Å². The molecule has 1 fully saturated rings. The maximum absolute atomic E-state index is 13.1. The number of fused-ring (bicyclic) bond motifs is 1. The summed E-state index contributed by atoms with van der Waals surface area (Å²) in [6, 6.07) is 7.16. The third-order valence-electron chi connectivity index (χ3n) is 5.92. The average molecular weight is 440 g/mol. The summed E-state index contributed by atoms with van der Waals surface area (Å²) in [6.45, 7) is 2.66. The molecule has 1 saturated carbocycles. The van der Waals surface area contributed by atoms with E-state index in [2.05, 4.69) is 27.5 Å². The van der Waals surface area contributed by atoms with Gasteiger partial charge in [0.1, 0.15) is 5.01 Å². The Labute approximate surface area is 185 Å². The molecular formula is C23H29N5O2S. The lowest BCUT2D eigenvalue weighted by Gasteiger charge is -2.18. The van der Waals surface area contributed by atoms with Gasteiger partial charge in [-0.15, -0.1) is 10.2 Å². The summed E-state index contributed by atoms with van der Waals surface area (Å²) < 4.78 is 1.43. The number of anilines is 1. The normalized spacial score (nSPS) is 14.7. The Balaban J connectivity index is 1.57. The molecule has 7 nitrogen and oxygen atoms in total. The first kappa shape index (κ1) is 21.6. The summed E-state index contributed by atoms with van der Waals surface area (Å²) in [7, 11) is 0. The van der Waals surface area contributed by atoms with Crippen LogP contribution in [0.15, 0.2) is 29.1 Å². The Hall–Kier alpha value is -2.61. The lowest BCUT2D eigenvalue weighted by Crippen LogP contribution is -2.27. The zero-order valence-electron chi connectivity index (χ0n) is 18.0. The Kier molecular flexibility index (Phi) is 7.06. The number of carbonyl (C=O) groups is 1. The highest BCUT2D eigenvalue weighted by Gasteiger charge is 2.22. The van der Waals surface area contributed by atoms with Crippen LogP contribution in [-0.4, -0.2) is 25.9 Å². The van der Waals surface area contributed by atoms with Gasteiger partial charge in [-0.2, -0.15) is 5.10 Å². The Morgan fingerprint density at radius 3 is 2.65 bits per heavy atom. The summed E-state index contributed by atoms with van der Waals surface area (Å²) in [6.07, 6.45) is 10.1. The molecule has 0 radical (unpaired) electrons. The quantitative estimate of drug-likeness (QED) is 0.492. The van der Waals surface area contributed by atoms with Crippen LogP contribution in [0.25, 0.3) is 10.8 Å². The van der Waals surface area contributed by atoms with Crippen LogP contribution < -0.4 is 10.9 Å². The molecule has 31 heavy (non-hydrogen) atoms.